The molecule has 1 fully saturated rings. The minimum atomic E-state index is -3.77. The molecule has 0 aromatic heterocycles. The van der Waals surface area contributed by atoms with E-state index in [1.807, 2.05) is 61.5 Å². The second kappa shape index (κ2) is 9.12. The van der Waals surface area contributed by atoms with E-state index in [0.717, 1.165) is 26.9 Å². The Hall–Kier alpha value is -2.93. The molecule has 4 nitrogen and oxygen atoms in total. The molecule has 2 heterocycles. The summed E-state index contributed by atoms with van der Waals surface area (Å²) < 4.78 is 31.4. The van der Waals surface area contributed by atoms with Gasteiger partial charge in [0.15, 0.2) is 0 Å². The van der Waals surface area contributed by atoms with Gasteiger partial charge in [-0.1, -0.05) is 107 Å². The lowest BCUT2D eigenvalue weighted by Crippen LogP contribution is -2.51. The molecule has 4 aromatic carbocycles. The van der Waals surface area contributed by atoms with Crippen LogP contribution in [0.15, 0.2) is 112 Å². The van der Waals surface area contributed by atoms with Crippen molar-refractivity contribution in [1.82, 2.24) is 4.31 Å². The summed E-state index contributed by atoms with van der Waals surface area (Å²) in [6, 6.07) is 34.1. The van der Waals surface area contributed by atoms with E-state index < -0.39 is 15.4 Å². The summed E-state index contributed by atoms with van der Waals surface area (Å²) in [6.07, 6.45) is -0.377. The fourth-order valence-corrected chi connectivity index (χ4v) is 8.79. The van der Waals surface area contributed by atoms with Crippen LogP contribution < -0.4 is 4.90 Å². The van der Waals surface area contributed by atoms with Crippen molar-refractivity contribution in [1.29, 1.82) is 0 Å². The van der Waals surface area contributed by atoms with Gasteiger partial charge in [-0.2, -0.15) is 4.31 Å². The van der Waals surface area contributed by atoms with E-state index in [2.05, 4.69) is 64.2 Å². The van der Waals surface area contributed by atoms with E-state index in [1.54, 1.807) is 16.4 Å². The number of fused-ring (bicyclic) bond motifs is 3. The Bertz CT molecular complexity index is 1540. The van der Waals surface area contributed by atoms with E-state index in [0.29, 0.717) is 18.0 Å². The molecule has 0 N–H and O–H groups in total. The van der Waals surface area contributed by atoms with Gasteiger partial charge in [0.1, 0.15) is 6.17 Å². The monoisotopic (exact) mass is 572 g/mol. The highest BCUT2D eigenvalue weighted by atomic mass is 79.9. The highest BCUT2D eigenvalue weighted by Gasteiger charge is 2.63. The first-order valence-corrected chi connectivity index (χ1v) is 14.8. The molecule has 4 aromatic rings. The van der Waals surface area contributed by atoms with Gasteiger partial charge in [-0.3, -0.25) is 0 Å². The number of rotatable bonds is 5. The Morgan fingerprint density at radius 2 is 1.51 bits per heavy atom. The summed E-state index contributed by atoms with van der Waals surface area (Å²) in [7, 11) is -3.77. The number of sulfonamides is 1. The first-order chi connectivity index (χ1) is 17.8. The number of nitrogens with zero attached hydrogens (tertiary/aromatic N) is 2. The summed E-state index contributed by atoms with van der Waals surface area (Å²) in [6.45, 7) is 5.25. The second-order valence-electron chi connectivity index (χ2n) is 10.3. The van der Waals surface area contributed by atoms with Gasteiger partial charge in [0.2, 0.25) is 10.0 Å². The Morgan fingerprint density at radius 1 is 0.865 bits per heavy atom. The van der Waals surface area contributed by atoms with Gasteiger partial charge in [0.25, 0.3) is 0 Å². The number of hydrogen-bond acceptors (Lipinski definition) is 3. The molecule has 0 amide bonds. The van der Waals surface area contributed by atoms with E-state index in [-0.39, 0.29) is 12.1 Å². The highest BCUT2D eigenvalue weighted by molar-refractivity contribution is 9.10. The molecule has 0 spiro atoms. The predicted molar refractivity (Wildman–Crippen MR) is 152 cm³/mol. The Morgan fingerprint density at radius 3 is 2.19 bits per heavy atom. The third kappa shape index (κ3) is 3.85. The highest BCUT2D eigenvalue weighted by Crippen LogP contribution is 2.60. The second-order valence-corrected chi connectivity index (χ2v) is 13.0. The van der Waals surface area contributed by atoms with Crippen LogP contribution >= 0.6 is 15.9 Å². The summed E-state index contributed by atoms with van der Waals surface area (Å²) in [5.41, 5.74) is 5.12. The predicted octanol–water partition coefficient (Wildman–Crippen LogP) is 6.85. The maximum atomic E-state index is 14.3. The molecule has 0 bridgehead atoms. The molecule has 6 rings (SSSR count). The SMILES string of the molecule is Cc1ccc(S(=O)(=O)N2C[C@@H](c3ccccc3)[C@@]3(C)c4c(Br)cccc4N(Cc4ccccc4)[C@@H]23)cc1. The fourth-order valence-electron chi connectivity index (χ4n) is 6.31. The normalized spacial score (nSPS) is 23.2. The molecule has 0 unspecified atom stereocenters. The molecule has 188 valence electrons. The smallest absolute Gasteiger partial charge is 0.244 e. The van der Waals surface area contributed by atoms with Crippen LogP contribution in [0.4, 0.5) is 5.69 Å². The Labute approximate surface area is 227 Å². The van der Waals surface area contributed by atoms with Crippen LogP contribution in [0.5, 0.6) is 0 Å². The molecule has 0 saturated carbocycles. The average Bonchev–Trinajstić information content (AvgIpc) is 3.35. The summed E-state index contributed by atoms with van der Waals surface area (Å²) >= 11 is 3.86. The van der Waals surface area contributed by atoms with Crippen molar-refractivity contribution in [3.63, 3.8) is 0 Å². The molecule has 0 aliphatic carbocycles. The van der Waals surface area contributed by atoms with Gasteiger partial charge in [-0.15, -0.1) is 0 Å². The van der Waals surface area contributed by atoms with Gasteiger partial charge in [-0.05, 0) is 47.9 Å². The van der Waals surface area contributed by atoms with E-state index in [4.69, 9.17) is 0 Å². The fraction of sp³-hybridized carbons (Fsp3) is 0.226. The minimum Gasteiger partial charge on any atom is -0.349 e. The summed E-state index contributed by atoms with van der Waals surface area (Å²) in [4.78, 5) is 2.63. The third-order valence-electron chi connectivity index (χ3n) is 8.06. The van der Waals surface area contributed by atoms with Gasteiger partial charge >= 0.3 is 0 Å². The molecule has 0 radical (unpaired) electrons. The van der Waals surface area contributed by atoms with Crippen LogP contribution in [0.3, 0.4) is 0 Å². The van der Waals surface area contributed by atoms with E-state index >= 15 is 0 Å². The summed E-state index contributed by atoms with van der Waals surface area (Å²) in [5.74, 6) is -0.0165. The van der Waals surface area contributed by atoms with Crippen molar-refractivity contribution < 1.29 is 8.42 Å². The van der Waals surface area contributed by atoms with Crippen LogP contribution in [0, 0.1) is 6.92 Å². The minimum absolute atomic E-state index is 0.0165. The Kier molecular flexibility index (Phi) is 6.02. The number of halogens is 1. The molecule has 2 aliphatic rings. The third-order valence-corrected chi connectivity index (χ3v) is 10.6. The van der Waals surface area contributed by atoms with Crippen molar-refractivity contribution in [2.24, 2.45) is 0 Å². The molecular weight excluding hydrogens is 544 g/mol. The number of anilines is 1. The molecule has 6 heteroatoms. The zero-order valence-corrected chi connectivity index (χ0v) is 23.3. The summed E-state index contributed by atoms with van der Waals surface area (Å²) in [5, 5.41) is 0. The zero-order valence-electron chi connectivity index (χ0n) is 20.9. The first-order valence-electron chi connectivity index (χ1n) is 12.5. The van der Waals surface area contributed by atoms with Crippen LogP contribution in [-0.4, -0.2) is 25.4 Å². The number of hydrogen-bond donors (Lipinski definition) is 0. The first kappa shape index (κ1) is 24.4. The quantitative estimate of drug-likeness (QED) is 0.262. The van der Waals surface area contributed by atoms with Crippen molar-refractivity contribution in [3.8, 4) is 0 Å². The van der Waals surface area contributed by atoms with Crippen LogP contribution in [0.2, 0.25) is 0 Å². The topological polar surface area (TPSA) is 40.6 Å². The van der Waals surface area contributed by atoms with E-state index in [9.17, 15) is 8.42 Å². The average molecular weight is 574 g/mol. The van der Waals surface area contributed by atoms with Crippen molar-refractivity contribution in [3.05, 3.63) is 130 Å². The standard InChI is InChI=1S/C31H29BrN2O2S/c1-22-16-18-25(19-17-22)37(35,36)34-21-26(24-12-7-4-8-13-24)31(2)29-27(32)14-9-15-28(29)33(30(31)34)20-23-10-5-3-6-11-23/h3-19,26,30H,20-21H2,1-2H3/t26-,30-,31-/m0/s1. The molecular formula is C31H29BrN2O2S. The van der Waals surface area contributed by atoms with E-state index in [1.165, 1.54) is 5.56 Å². The van der Waals surface area contributed by atoms with Gasteiger partial charge in [-0.25, -0.2) is 8.42 Å². The molecule has 1 saturated heterocycles. The van der Waals surface area contributed by atoms with Crippen LogP contribution in [0.25, 0.3) is 0 Å². The van der Waals surface area contributed by atoms with Crippen LogP contribution in [0.1, 0.15) is 35.1 Å². The van der Waals surface area contributed by atoms with Crippen LogP contribution in [-0.2, 0) is 22.0 Å². The van der Waals surface area contributed by atoms with Gasteiger partial charge < -0.3 is 4.90 Å². The molecule has 37 heavy (non-hydrogen) atoms. The van der Waals surface area contributed by atoms with Gasteiger partial charge in [0, 0.05) is 34.6 Å². The lowest BCUT2D eigenvalue weighted by Gasteiger charge is -2.37. The molecule has 3 atom stereocenters. The number of aryl methyl sites for hydroxylation is 1. The maximum Gasteiger partial charge on any atom is 0.244 e. The van der Waals surface area contributed by atoms with Crippen molar-refractivity contribution >= 4 is 31.6 Å². The van der Waals surface area contributed by atoms with Crippen molar-refractivity contribution in [2.45, 2.75) is 42.8 Å². The largest absolute Gasteiger partial charge is 0.349 e. The lowest BCUT2D eigenvalue weighted by atomic mass is 9.71. The van der Waals surface area contributed by atoms with Gasteiger partial charge in [0.05, 0.1) is 4.90 Å². The number of benzene rings is 4. The maximum absolute atomic E-state index is 14.3. The zero-order chi connectivity index (χ0) is 25.8. The molecule has 2 aliphatic heterocycles. The lowest BCUT2D eigenvalue weighted by molar-refractivity contribution is 0.313. The van der Waals surface area contributed by atoms with Crippen molar-refractivity contribution in [2.75, 3.05) is 11.4 Å². The Balaban J connectivity index is 1.57.